The standard InChI is InChI=1S/C19H16F4N2O2/c20-15-6-1-4-13(10-15)18(27)25(12-24-9-3-8-17(24)26)16-7-2-5-14(11-16)19(21,22)23/h1-2,4-7,10-11H,3,8-9,12H2. The first kappa shape index (κ1) is 18.9. The average Bonchev–Trinajstić information content (AvgIpc) is 3.03. The zero-order chi connectivity index (χ0) is 19.6. The Labute approximate surface area is 153 Å². The number of anilines is 1. The fraction of sp³-hybridized carbons (Fsp3) is 0.263. The highest BCUT2D eigenvalue weighted by Crippen LogP contribution is 2.32. The highest BCUT2D eigenvalue weighted by molar-refractivity contribution is 6.06. The molecule has 142 valence electrons. The number of carbonyl (C=O) groups excluding carboxylic acids is 2. The van der Waals surface area contributed by atoms with Crippen molar-refractivity contribution in [2.24, 2.45) is 0 Å². The second kappa shape index (κ2) is 7.38. The van der Waals surface area contributed by atoms with Crippen molar-refractivity contribution >= 4 is 17.5 Å². The van der Waals surface area contributed by atoms with Crippen molar-refractivity contribution in [3.8, 4) is 0 Å². The summed E-state index contributed by atoms with van der Waals surface area (Å²) in [7, 11) is 0. The van der Waals surface area contributed by atoms with Gasteiger partial charge in [-0.15, -0.1) is 0 Å². The van der Waals surface area contributed by atoms with Crippen molar-refractivity contribution in [2.45, 2.75) is 19.0 Å². The van der Waals surface area contributed by atoms with Crippen LogP contribution in [0.1, 0.15) is 28.8 Å². The first-order valence-corrected chi connectivity index (χ1v) is 8.28. The number of amides is 2. The van der Waals surface area contributed by atoms with Gasteiger partial charge < -0.3 is 4.90 Å². The topological polar surface area (TPSA) is 40.6 Å². The second-order valence-electron chi connectivity index (χ2n) is 6.19. The van der Waals surface area contributed by atoms with E-state index in [1.807, 2.05) is 0 Å². The van der Waals surface area contributed by atoms with Crippen LogP contribution in [0.15, 0.2) is 48.5 Å². The van der Waals surface area contributed by atoms with Gasteiger partial charge in [0.1, 0.15) is 12.5 Å². The van der Waals surface area contributed by atoms with Crippen LogP contribution in [0.5, 0.6) is 0 Å². The van der Waals surface area contributed by atoms with Crippen LogP contribution in [-0.2, 0) is 11.0 Å². The second-order valence-corrected chi connectivity index (χ2v) is 6.19. The van der Waals surface area contributed by atoms with Gasteiger partial charge in [0, 0.05) is 24.2 Å². The van der Waals surface area contributed by atoms with E-state index in [0.29, 0.717) is 19.4 Å². The number of likely N-dealkylation sites (tertiary alicyclic amines) is 1. The Morgan fingerprint density at radius 2 is 1.85 bits per heavy atom. The van der Waals surface area contributed by atoms with Gasteiger partial charge in [0.15, 0.2) is 0 Å². The lowest BCUT2D eigenvalue weighted by Crippen LogP contribution is -2.42. The van der Waals surface area contributed by atoms with Gasteiger partial charge in [-0.2, -0.15) is 13.2 Å². The van der Waals surface area contributed by atoms with E-state index in [2.05, 4.69) is 0 Å². The van der Waals surface area contributed by atoms with Crippen LogP contribution in [0.2, 0.25) is 0 Å². The molecule has 0 unspecified atom stereocenters. The van der Waals surface area contributed by atoms with Gasteiger partial charge in [0.05, 0.1) is 5.56 Å². The Hall–Kier alpha value is -2.90. The molecular formula is C19H16F4N2O2. The van der Waals surface area contributed by atoms with Gasteiger partial charge >= 0.3 is 6.18 Å². The van der Waals surface area contributed by atoms with E-state index in [1.54, 1.807) is 0 Å². The Morgan fingerprint density at radius 3 is 2.48 bits per heavy atom. The van der Waals surface area contributed by atoms with E-state index in [1.165, 1.54) is 29.2 Å². The zero-order valence-corrected chi connectivity index (χ0v) is 14.2. The average molecular weight is 380 g/mol. The van der Waals surface area contributed by atoms with E-state index < -0.39 is 23.5 Å². The number of rotatable bonds is 4. The highest BCUT2D eigenvalue weighted by atomic mass is 19.4. The Morgan fingerprint density at radius 1 is 1.11 bits per heavy atom. The normalized spacial score (nSPS) is 14.5. The van der Waals surface area contributed by atoms with Crippen molar-refractivity contribution in [1.82, 2.24) is 4.90 Å². The molecule has 1 heterocycles. The fourth-order valence-corrected chi connectivity index (χ4v) is 2.91. The third-order valence-corrected chi connectivity index (χ3v) is 4.29. The van der Waals surface area contributed by atoms with Gasteiger partial charge in [-0.05, 0) is 42.8 Å². The molecule has 1 aliphatic rings. The molecule has 0 radical (unpaired) electrons. The summed E-state index contributed by atoms with van der Waals surface area (Å²) >= 11 is 0. The molecule has 0 aliphatic carbocycles. The summed E-state index contributed by atoms with van der Waals surface area (Å²) in [5, 5.41) is 0. The summed E-state index contributed by atoms with van der Waals surface area (Å²) in [6, 6.07) is 9.17. The number of alkyl halides is 3. The number of hydrogen-bond acceptors (Lipinski definition) is 2. The SMILES string of the molecule is O=C1CCCN1CN(C(=O)c1cccc(F)c1)c1cccc(C(F)(F)F)c1. The summed E-state index contributed by atoms with van der Waals surface area (Å²) in [6.07, 6.45) is -3.64. The number of halogens is 4. The van der Waals surface area contributed by atoms with E-state index in [0.717, 1.165) is 29.2 Å². The molecular weight excluding hydrogens is 364 g/mol. The monoisotopic (exact) mass is 380 g/mol. The first-order chi connectivity index (χ1) is 12.8. The quantitative estimate of drug-likeness (QED) is 0.751. The maximum absolute atomic E-state index is 13.5. The van der Waals surface area contributed by atoms with Gasteiger partial charge in [-0.3, -0.25) is 14.5 Å². The maximum Gasteiger partial charge on any atom is 0.416 e. The molecule has 0 spiro atoms. The number of nitrogens with zero attached hydrogens (tertiary/aromatic N) is 2. The fourth-order valence-electron chi connectivity index (χ4n) is 2.91. The Balaban J connectivity index is 1.99. The van der Waals surface area contributed by atoms with Crippen LogP contribution in [0, 0.1) is 5.82 Å². The van der Waals surface area contributed by atoms with Gasteiger partial charge in [0.2, 0.25) is 5.91 Å². The molecule has 0 N–H and O–H groups in total. The summed E-state index contributed by atoms with van der Waals surface area (Å²) in [4.78, 5) is 27.3. The molecule has 4 nitrogen and oxygen atoms in total. The molecule has 2 aromatic carbocycles. The van der Waals surface area contributed by atoms with Crippen molar-refractivity contribution in [3.63, 3.8) is 0 Å². The predicted octanol–water partition coefficient (Wildman–Crippen LogP) is 4.07. The summed E-state index contributed by atoms with van der Waals surface area (Å²) in [5.41, 5.74) is -0.942. The highest BCUT2D eigenvalue weighted by Gasteiger charge is 2.32. The molecule has 1 saturated heterocycles. The van der Waals surface area contributed by atoms with E-state index >= 15 is 0 Å². The third-order valence-electron chi connectivity index (χ3n) is 4.29. The Bertz CT molecular complexity index is 867. The lowest BCUT2D eigenvalue weighted by Gasteiger charge is -2.28. The summed E-state index contributed by atoms with van der Waals surface area (Å²) in [6.45, 7) is 0.209. The summed E-state index contributed by atoms with van der Waals surface area (Å²) < 4.78 is 52.7. The molecule has 2 aromatic rings. The lowest BCUT2D eigenvalue weighted by atomic mass is 10.1. The zero-order valence-electron chi connectivity index (χ0n) is 14.2. The van der Waals surface area contributed by atoms with E-state index in [4.69, 9.17) is 0 Å². The van der Waals surface area contributed by atoms with Gasteiger partial charge in [-0.25, -0.2) is 4.39 Å². The predicted molar refractivity (Wildman–Crippen MR) is 90.5 cm³/mol. The smallest absolute Gasteiger partial charge is 0.324 e. The number of carbonyl (C=O) groups is 2. The Kier molecular flexibility index (Phi) is 5.16. The van der Waals surface area contributed by atoms with Crippen molar-refractivity contribution in [2.75, 3.05) is 18.1 Å². The molecule has 27 heavy (non-hydrogen) atoms. The molecule has 0 atom stereocenters. The number of hydrogen-bond donors (Lipinski definition) is 0. The van der Waals surface area contributed by atoms with Crippen molar-refractivity contribution in [3.05, 3.63) is 65.5 Å². The molecule has 0 aromatic heterocycles. The van der Waals surface area contributed by atoms with Crippen LogP contribution in [0.3, 0.4) is 0 Å². The minimum absolute atomic E-state index is 0.0148. The minimum atomic E-state index is -4.58. The van der Waals surface area contributed by atoms with E-state index in [-0.39, 0.29) is 23.8 Å². The van der Waals surface area contributed by atoms with Crippen LogP contribution in [0.25, 0.3) is 0 Å². The molecule has 8 heteroatoms. The van der Waals surface area contributed by atoms with Crippen LogP contribution in [-0.4, -0.2) is 29.9 Å². The van der Waals surface area contributed by atoms with Gasteiger partial charge in [0.25, 0.3) is 5.91 Å². The lowest BCUT2D eigenvalue weighted by molar-refractivity contribution is -0.137. The van der Waals surface area contributed by atoms with Gasteiger partial charge in [-0.1, -0.05) is 12.1 Å². The largest absolute Gasteiger partial charge is 0.416 e. The van der Waals surface area contributed by atoms with Crippen molar-refractivity contribution < 1.29 is 27.2 Å². The molecule has 0 saturated carbocycles. The number of benzene rings is 2. The van der Waals surface area contributed by atoms with Crippen molar-refractivity contribution in [1.29, 1.82) is 0 Å². The molecule has 0 bridgehead atoms. The van der Waals surface area contributed by atoms with Crippen LogP contribution >= 0.6 is 0 Å². The molecule has 2 amide bonds. The van der Waals surface area contributed by atoms with Crippen LogP contribution < -0.4 is 4.90 Å². The summed E-state index contributed by atoms with van der Waals surface area (Å²) in [5.74, 6) is -1.50. The molecule has 1 aliphatic heterocycles. The minimum Gasteiger partial charge on any atom is -0.324 e. The van der Waals surface area contributed by atoms with E-state index in [9.17, 15) is 27.2 Å². The molecule has 1 fully saturated rings. The maximum atomic E-state index is 13.5. The third kappa shape index (κ3) is 4.27. The molecule has 3 rings (SSSR count). The van der Waals surface area contributed by atoms with Crippen LogP contribution in [0.4, 0.5) is 23.2 Å². The first-order valence-electron chi connectivity index (χ1n) is 8.28.